The molecule has 1 saturated heterocycles. The van der Waals surface area contributed by atoms with E-state index in [4.69, 9.17) is 4.74 Å². The topological polar surface area (TPSA) is 78.9 Å². The molecule has 1 aliphatic rings. The minimum atomic E-state index is -3.73. The molecule has 36 heavy (non-hydrogen) atoms. The van der Waals surface area contributed by atoms with Gasteiger partial charge < -0.3 is 9.84 Å². The minimum Gasteiger partial charge on any atom is -0.387 e. The Kier molecular flexibility index (Phi) is 15.6. The molecule has 0 radical (unpaired) electrons. The van der Waals surface area contributed by atoms with Gasteiger partial charge >= 0.3 is 0 Å². The van der Waals surface area contributed by atoms with Gasteiger partial charge in [0.05, 0.1) is 30.3 Å². The molecule has 1 aromatic rings. The van der Waals surface area contributed by atoms with Gasteiger partial charge in [0.15, 0.2) is 0 Å². The third kappa shape index (κ3) is 12.8. The van der Waals surface area contributed by atoms with Gasteiger partial charge in [0.2, 0.25) is 10.0 Å². The minimum absolute atomic E-state index is 0.220. The lowest BCUT2D eigenvalue weighted by molar-refractivity contribution is 0.0274. The molecule has 2 N–H and O–H groups in total. The van der Waals surface area contributed by atoms with E-state index >= 15 is 0 Å². The van der Waals surface area contributed by atoms with E-state index < -0.39 is 22.2 Å². The largest absolute Gasteiger partial charge is 0.387 e. The van der Waals surface area contributed by atoms with E-state index in [2.05, 4.69) is 16.5 Å². The van der Waals surface area contributed by atoms with Gasteiger partial charge in [-0.1, -0.05) is 101 Å². The van der Waals surface area contributed by atoms with E-state index in [0.29, 0.717) is 19.8 Å². The fourth-order valence-electron chi connectivity index (χ4n) is 4.56. The molecule has 2 atom stereocenters. The number of ether oxygens (including phenoxy) is 1. The second kappa shape index (κ2) is 18.1. The summed E-state index contributed by atoms with van der Waals surface area (Å²) in [6.45, 7) is 7.35. The highest BCUT2D eigenvalue weighted by Gasteiger charge is 2.27. The zero-order chi connectivity index (χ0) is 26.1. The Morgan fingerprint density at radius 3 is 2.08 bits per heavy atom. The lowest BCUT2D eigenvalue weighted by atomic mass is 10.0. The summed E-state index contributed by atoms with van der Waals surface area (Å²) in [6, 6.07) is 6.17. The smallest absolute Gasteiger partial charge is 0.240 e. The average Bonchev–Trinajstić information content (AvgIpc) is 2.87. The van der Waals surface area contributed by atoms with Crippen LogP contribution < -0.4 is 4.72 Å². The van der Waals surface area contributed by atoms with Crippen LogP contribution >= 0.6 is 0 Å². The lowest BCUT2D eigenvalue weighted by Crippen LogP contribution is -2.51. The first-order valence-electron chi connectivity index (χ1n) is 14.2. The molecule has 2 rings (SSSR count). The predicted octanol–water partition coefficient (Wildman–Crippen LogP) is 5.59. The summed E-state index contributed by atoms with van der Waals surface area (Å²) >= 11 is 0. The van der Waals surface area contributed by atoms with E-state index in [1.807, 2.05) is 13.0 Å². The third-order valence-corrected chi connectivity index (χ3v) is 8.42. The van der Waals surface area contributed by atoms with Crippen LogP contribution in [0.1, 0.15) is 89.5 Å². The van der Waals surface area contributed by atoms with Crippen LogP contribution in [0, 0.1) is 6.92 Å². The van der Waals surface area contributed by atoms with Gasteiger partial charge in [-0.15, -0.1) is 0 Å². The first-order chi connectivity index (χ1) is 17.4. The van der Waals surface area contributed by atoms with Crippen molar-refractivity contribution >= 4 is 10.0 Å². The van der Waals surface area contributed by atoms with E-state index in [0.717, 1.165) is 31.5 Å². The second-order valence-corrected chi connectivity index (χ2v) is 11.9. The first-order valence-corrected chi connectivity index (χ1v) is 15.6. The molecule has 0 bridgehead atoms. The average molecular weight is 523 g/mol. The number of hydrogen-bond acceptors (Lipinski definition) is 5. The number of unbranched alkanes of at least 4 members (excludes halogenated alkanes) is 11. The number of allylic oxidation sites excluding steroid dienone is 1. The fourth-order valence-corrected chi connectivity index (χ4v) is 5.80. The van der Waals surface area contributed by atoms with Crippen LogP contribution in [0.15, 0.2) is 41.3 Å². The van der Waals surface area contributed by atoms with E-state index in [9.17, 15) is 13.5 Å². The summed E-state index contributed by atoms with van der Waals surface area (Å²) in [5.74, 6) is 0. The van der Waals surface area contributed by atoms with Gasteiger partial charge in [-0.05, 0) is 31.9 Å². The van der Waals surface area contributed by atoms with Crippen molar-refractivity contribution in [3.63, 3.8) is 0 Å². The van der Waals surface area contributed by atoms with Crippen molar-refractivity contribution in [1.29, 1.82) is 0 Å². The maximum Gasteiger partial charge on any atom is 0.240 e. The van der Waals surface area contributed by atoms with Gasteiger partial charge in [-0.3, -0.25) is 4.90 Å². The Hall–Kier alpha value is -1.25. The molecular weight excluding hydrogens is 472 g/mol. The molecule has 1 aliphatic heterocycles. The molecule has 7 heteroatoms. The van der Waals surface area contributed by atoms with Crippen molar-refractivity contribution in [3.05, 3.63) is 42.0 Å². The van der Waals surface area contributed by atoms with Gasteiger partial charge in [0.1, 0.15) is 0 Å². The lowest BCUT2D eigenvalue weighted by Gasteiger charge is -2.32. The number of sulfonamides is 1. The van der Waals surface area contributed by atoms with Gasteiger partial charge in [0, 0.05) is 19.6 Å². The van der Waals surface area contributed by atoms with Crippen molar-refractivity contribution < 1.29 is 18.3 Å². The highest BCUT2D eigenvalue weighted by Crippen LogP contribution is 2.14. The third-order valence-electron chi connectivity index (χ3n) is 6.92. The quantitative estimate of drug-likeness (QED) is 0.183. The number of morpholine rings is 1. The molecule has 0 aromatic heterocycles. The summed E-state index contributed by atoms with van der Waals surface area (Å²) in [4.78, 5) is 2.37. The number of rotatable bonds is 19. The Bertz CT molecular complexity index is 820. The Balaban J connectivity index is 1.76. The zero-order valence-corrected chi connectivity index (χ0v) is 23.5. The molecule has 0 amide bonds. The number of hydrogen-bond donors (Lipinski definition) is 2. The van der Waals surface area contributed by atoms with Crippen LogP contribution in [0.3, 0.4) is 0 Å². The molecular formula is C29H50N2O4S. The molecule has 1 heterocycles. The van der Waals surface area contributed by atoms with Gasteiger partial charge in [-0.2, -0.15) is 0 Å². The van der Waals surface area contributed by atoms with Crippen LogP contribution in [0.5, 0.6) is 0 Å². The zero-order valence-electron chi connectivity index (χ0n) is 22.7. The standard InChI is InChI=1S/C29H50N2O4S/c1-3-4-5-6-7-8-9-10-11-12-13-14-15-16-29(32)28(25-31-21-23-35-24-22-31)30-36(33,34)27-19-17-26(2)18-20-27/h15-20,28-30,32H,3-14,21-25H2,1-2H3/b16-15-/t28-,29-/m0/s1. The number of aliphatic hydroxyl groups is 1. The van der Waals surface area contributed by atoms with Crippen LogP contribution in [-0.2, 0) is 14.8 Å². The summed E-state index contributed by atoms with van der Waals surface area (Å²) in [5, 5.41) is 10.9. The maximum absolute atomic E-state index is 13.0. The van der Waals surface area contributed by atoms with Crippen molar-refractivity contribution in [1.82, 2.24) is 9.62 Å². The molecule has 0 aliphatic carbocycles. The maximum atomic E-state index is 13.0. The van der Waals surface area contributed by atoms with E-state index in [1.54, 1.807) is 30.3 Å². The molecule has 0 unspecified atom stereocenters. The number of nitrogens with zero attached hydrogens (tertiary/aromatic N) is 1. The molecule has 1 aromatic carbocycles. The molecule has 0 saturated carbocycles. The molecule has 6 nitrogen and oxygen atoms in total. The number of aryl methyl sites for hydroxylation is 1. The van der Waals surface area contributed by atoms with Crippen LogP contribution in [0.2, 0.25) is 0 Å². The van der Waals surface area contributed by atoms with E-state index in [-0.39, 0.29) is 4.90 Å². The molecule has 1 fully saturated rings. The SMILES string of the molecule is CCCCCCCCCCCCC/C=C\[C@H](O)[C@H](CN1CCOCC1)NS(=O)(=O)c1ccc(C)cc1. The monoisotopic (exact) mass is 522 g/mol. The van der Waals surface area contributed by atoms with Gasteiger partial charge in [-0.25, -0.2) is 13.1 Å². The first kappa shape index (κ1) is 31.0. The highest BCUT2D eigenvalue weighted by molar-refractivity contribution is 7.89. The Labute approximate surface area is 220 Å². The van der Waals surface area contributed by atoms with Crippen molar-refractivity contribution in [2.45, 2.75) is 108 Å². The molecule has 0 spiro atoms. The summed E-state index contributed by atoms with van der Waals surface area (Å²) in [6.07, 6.45) is 18.2. The molecule has 206 valence electrons. The second-order valence-electron chi connectivity index (χ2n) is 10.2. The van der Waals surface area contributed by atoms with Crippen molar-refractivity contribution in [2.24, 2.45) is 0 Å². The summed E-state index contributed by atoms with van der Waals surface area (Å²) in [5.41, 5.74) is 1.00. The number of nitrogens with one attached hydrogen (secondary N) is 1. The fraction of sp³-hybridized carbons (Fsp3) is 0.724. The van der Waals surface area contributed by atoms with Gasteiger partial charge in [0.25, 0.3) is 0 Å². The summed E-state index contributed by atoms with van der Waals surface area (Å²) < 4.78 is 34.2. The normalized spacial score (nSPS) is 17.0. The van der Waals surface area contributed by atoms with E-state index in [1.165, 1.54) is 64.2 Å². The van der Waals surface area contributed by atoms with Crippen LogP contribution in [0.4, 0.5) is 0 Å². The Morgan fingerprint density at radius 2 is 1.50 bits per heavy atom. The van der Waals surface area contributed by atoms with Crippen molar-refractivity contribution in [3.8, 4) is 0 Å². The number of benzene rings is 1. The predicted molar refractivity (Wildman–Crippen MR) is 149 cm³/mol. The van der Waals surface area contributed by atoms with Crippen molar-refractivity contribution in [2.75, 3.05) is 32.8 Å². The number of aliphatic hydroxyl groups excluding tert-OH is 1. The van der Waals surface area contributed by atoms with Crippen LogP contribution in [-0.4, -0.2) is 63.4 Å². The highest BCUT2D eigenvalue weighted by atomic mass is 32.2. The van der Waals surface area contributed by atoms with Crippen LogP contribution in [0.25, 0.3) is 0 Å². The summed E-state index contributed by atoms with van der Waals surface area (Å²) in [7, 11) is -3.73. The Morgan fingerprint density at radius 1 is 0.944 bits per heavy atom.